The Morgan fingerprint density at radius 1 is 1.60 bits per heavy atom. The summed E-state index contributed by atoms with van der Waals surface area (Å²) in [7, 11) is 0. The zero-order valence-corrected chi connectivity index (χ0v) is 11.6. The first kappa shape index (κ1) is 11.4. The van der Waals surface area contributed by atoms with Crippen molar-refractivity contribution >= 4 is 32.4 Å². The van der Waals surface area contributed by atoms with Gasteiger partial charge in [-0.2, -0.15) is 0 Å². The molecule has 2 atom stereocenters. The average Bonchev–Trinajstić information content (AvgIpc) is 2.65. The molecule has 1 aromatic rings. The van der Waals surface area contributed by atoms with Gasteiger partial charge in [0.15, 0.2) is 5.13 Å². The number of rotatable bonds is 2. The van der Waals surface area contributed by atoms with Crippen LogP contribution in [0.3, 0.4) is 0 Å². The van der Waals surface area contributed by atoms with E-state index < -0.39 is 0 Å². The highest BCUT2D eigenvalue weighted by Gasteiger charge is 2.26. The predicted octanol–water partition coefficient (Wildman–Crippen LogP) is 3.92. The van der Waals surface area contributed by atoms with Crippen molar-refractivity contribution in [1.29, 1.82) is 0 Å². The molecule has 1 aliphatic heterocycles. The second-order valence-corrected chi connectivity index (χ2v) is 5.95. The van der Waals surface area contributed by atoms with Crippen molar-refractivity contribution in [3.05, 3.63) is 9.98 Å². The third kappa shape index (κ3) is 2.53. The average molecular weight is 289 g/mol. The first-order valence-corrected chi connectivity index (χ1v) is 7.25. The number of hydrogen-bond acceptors (Lipinski definition) is 3. The van der Waals surface area contributed by atoms with Crippen LogP contribution in [-0.2, 0) is 0 Å². The van der Waals surface area contributed by atoms with E-state index >= 15 is 0 Å². The van der Waals surface area contributed by atoms with Gasteiger partial charge in [-0.25, -0.2) is 4.98 Å². The van der Waals surface area contributed by atoms with E-state index in [2.05, 4.69) is 45.0 Å². The summed E-state index contributed by atoms with van der Waals surface area (Å²) in [6.07, 6.45) is 3.96. The van der Waals surface area contributed by atoms with Gasteiger partial charge < -0.3 is 4.90 Å². The maximum atomic E-state index is 4.51. The van der Waals surface area contributed by atoms with Crippen LogP contribution in [0.4, 0.5) is 5.13 Å². The van der Waals surface area contributed by atoms with E-state index in [-0.39, 0.29) is 0 Å². The number of anilines is 1. The Bertz CT molecular complexity index is 326. The summed E-state index contributed by atoms with van der Waals surface area (Å²) in [5.41, 5.74) is 0. The lowest BCUT2D eigenvalue weighted by atomic mass is 9.92. The van der Waals surface area contributed by atoms with Crippen molar-refractivity contribution < 1.29 is 0 Å². The molecule has 0 saturated carbocycles. The standard InChI is InChI=1S/C11H17BrN2S/c1-3-9-5-4-8(2)14(6-9)11-13-10(12)7-15-11/h7-9H,3-6H2,1-2H3/t8-,9+/m0/s1. The van der Waals surface area contributed by atoms with E-state index in [1.807, 2.05) is 0 Å². The van der Waals surface area contributed by atoms with Gasteiger partial charge in [0.2, 0.25) is 0 Å². The van der Waals surface area contributed by atoms with E-state index in [1.165, 1.54) is 30.9 Å². The third-order valence-corrected chi connectivity index (χ3v) is 4.85. The highest BCUT2D eigenvalue weighted by atomic mass is 79.9. The van der Waals surface area contributed by atoms with Gasteiger partial charge in [-0.15, -0.1) is 11.3 Å². The third-order valence-electron chi connectivity index (χ3n) is 3.27. The quantitative estimate of drug-likeness (QED) is 0.820. The lowest BCUT2D eigenvalue weighted by molar-refractivity contribution is 0.359. The van der Waals surface area contributed by atoms with Crippen LogP contribution < -0.4 is 4.90 Å². The smallest absolute Gasteiger partial charge is 0.186 e. The van der Waals surface area contributed by atoms with Gasteiger partial charge in [0.25, 0.3) is 0 Å². The van der Waals surface area contributed by atoms with E-state index in [0.717, 1.165) is 10.5 Å². The predicted molar refractivity (Wildman–Crippen MR) is 69.6 cm³/mol. The Kier molecular flexibility index (Phi) is 3.67. The normalized spacial score (nSPS) is 27.0. The molecule has 0 amide bonds. The van der Waals surface area contributed by atoms with Gasteiger partial charge in [0, 0.05) is 18.0 Å². The van der Waals surface area contributed by atoms with Gasteiger partial charge in [0.1, 0.15) is 4.60 Å². The molecule has 0 aromatic carbocycles. The van der Waals surface area contributed by atoms with Crippen LogP contribution in [0.5, 0.6) is 0 Å². The molecular formula is C11H17BrN2S. The second-order valence-electron chi connectivity index (χ2n) is 4.31. The zero-order chi connectivity index (χ0) is 10.8. The molecule has 2 nitrogen and oxygen atoms in total. The number of hydrogen-bond donors (Lipinski definition) is 0. The fraction of sp³-hybridized carbons (Fsp3) is 0.727. The summed E-state index contributed by atoms with van der Waals surface area (Å²) in [4.78, 5) is 6.98. The highest BCUT2D eigenvalue weighted by molar-refractivity contribution is 9.10. The van der Waals surface area contributed by atoms with Crippen molar-refractivity contribution in [2.75, 3.05) is 11.4 Å². The molecule has 4 heteroatoms. The molecule has 0 unspecified atom stereocenters. The summed E-state index contributed by atoms with van der Waals surface area (Å²) < 4.78 is 0.966. The van der Waals surface area contributed by atoms with Crippen molar-refractivity contribution in [3.63, 3.8) is 0 Å². The number of halogens is 1. The van der Waals surface area contributed by atoms with Gasteiger partial charge >= 0.3 is 0 Å². The molecule has 0 spiro atoms. The maximum absolute atomic E-state index is 4.51. The molecule has 0 bridgehead atoms. The molecular weight excluding hydrogens is 272 g/mol. The minimum Gasteiger partial charge on any atom is -0.345 e. The Balaban J connectivity index is 2.12. The monoisotopic (exact) mass is 288 g/mol. The number of aromatic nitrogens is 1. The van der Waals surface area contributed by atoms with E-state index in [1.54, 1.807) is 11.3 Å². The summed E-state index contributed by atoms with van der Waals surface area (Å²) in [6.45, 7) is 5.77. The lowest BCUT2D eigenvalue weighted by Crippen LogP contribution is -2.41. The van der Waals surface area contributed by atoms with Crippen LogP contribution in [0.15, 0.2) is 9.98 Å². The lowest BCUT2D eigenvalue weighted by Gasteiger charge is -2.37. The minimum atomic E-state index is 0.644. The summed E-state index contributed by atoms with van der Waals surface area (Å²) in [5.74, 6) is 0.851. The van der Waals surface area contributed by atoms with Gasteiger partial charge in [0.05, 0.1) is 0 Å². The number of nitrogens with zero attached hydrogens (tertiary/aromatic N) is 2. The maximum Gasteiger partial charge on any atom is 0.186 e. The van der Waals surface area contributed by atoms with Crippen LogP contribution in [0.2, 0.25) is 0 Å². The first-order chi connectivity index (χ1) is 7.20. The Hall–Kier alpha value is -0.0900. The van der Waals surface area contributed by atoms with Crippen molar-refractivity contribution in [1.82, 2.24) is 4.98 Å². The summed E-state index contributed by atoms with van der Waals surface area (Å²) in [5, 5.41) is 3.24. The minimum absolute atomic E-state index is 0.644. The molecule has 84 valence electrons. The molecule has 0 radical (unpaired) electrons. The molecule has 1 fully saturated rings. The zero-order valence-electron chi connectivity index (χ0n) is 9.24. The van der Waals surface area contributed by atoms with Crippen molar-refractivity contribution in [2.45, 2.75) is 39.2 Å². The highest BCUT2D eigenvalue weighted by Crippen LogP contribution is 2.32. The van der Waals surface area contributed by atoms with E-state index in [0.29, 0.717) is 6.04 Å². The van der Waals surface area contributed by atoms with E-state index in [9.17, 15) is 0 Å². The van der Waals surface area contributed by atoms with Crippen LogP contribution >= 0.6 is 27.3 Å². The Labute approximate surface area is 104 Å². The van der Waals surface area contributed by atoms with Crippen LogP contribution in [-0.4, -0.2) is 17.6 Å². The molecule has 1 saturated heterocycles. The molecule has 15 heavy (non-hydrogen) atoms. The number of piperidine rings is 1. The fourth-order valence-electron chi connectivity index (χ4n) is 2.16. The second kappa shape index (κ2) is 4.83. The van der Waals surface area contributed by atoms with Crippen LogP contribution in [0.25, 0.3) is 0 Å². The molecule has 0 aliphatic carbocycles. The van der Waals surface area contributed by atoms with Crippen molar-refractivity contribution in [3.8, 4) is 0 Å². The molecule has 1 aliphatic rings. The van der Waals surface area contributed by atoms with Crippen molar-refractivity contribution in [2.24, 2.45) is 5.92 Å². The molecule has 0 N–H and O–H groups in total. The van der Waals surface area contributed by atoms with Gasteiger partial charge in [-0.05, 0) is 41.6 Å². The fourth-order valence-corrected chi connectivity index (χ4v) is 3.52. The SMILES string of the molecule is CC[C@@H]1CC[C@H](C)N(c2nc(Br)cs2)C1. The van der Waals surface area contributed by atoms with Gasteiger partial charge in [-0.1, -0.05) is 13.3 Å². The first-order valence-electron chi connectivity index (χ1n) is 5.58. The topological polar surface area (TPSA) is 16.1 Å². The van der Waals surface area contributed by atoms with Gasteiger partial charge in [-0.3, -0.25) is 0 Å². The molecule has 2 heterocycles. The van der Waals surface area contributed by atoms with E-state index in [4.69, 9.17) is 0 Å². The molecule has 2 rings (SSSR count). The largest absolute Gasteiger partial charge is 0.345 e. The molecule has 1 aromatic heterocycles. The van der Waals surface area contributed by atoms with Crippen LogP contribution in [0.1, 0.15) is 33.1 Å². The Morgan fingerprint density at radius 3 is 3.00 bits per heavy atom. The summed E-state index contributed by atoms with van der Waals surface area (Å²) in [6, 6.07) is 0.644. The summed E-state index contributed by atoms with van der Waals surface area (Å²) >= 11 is 5.16. The number of thiazole rings is 1. The Morgan fingerprint density at radius 2 is 2.40 bits per heavy atom. The van der Waals surface area contributed by atoms with Crippen LogP contribution in [0, 0.1) is 5.92 Å².